The van der Waals surface area contributed by atoms with Gasteiger partial charge in [-0.05, 0) is 82.8 Å². The van der Waals surface area contributed by atoms with Gasteiger partial charge in [0.15, 0.2) is 0 Å². The van der Waals surface area contributed by atoms with Crippen LogP contribution in [-0.4, -0.2) is 36.5 Å². The van der Waals surface area contributed by atoms with E-state index in [1.807, 2.05) is 66.7 Å². The van der Waals surface area contributed by atoms with E-state index in [9.17, 15) is 14.7 Å². The van der Waals surface area contributed by atoms with Crippen molar-refractivity contribution in [2.24, 2.45) is 5.73 Å². The van der Waals surface area contributed by atoms with E-state index in [1.165, 1.54) is 13.2 Å². The number of benzene rings is 4. The third-order valence-corrected chi connectivity index (χ3v) is 7.09. The number of nitrogens with two attached hydrogens (primary N) is 1. The van der Waals surface area contributed by atoms with E-state index < -0.39 is 5.97 Å². The molecule has 0 spiro atoms. The number of amides is 1. The fraction of sp³-hybridized carbons (Fsp3) is 0.156. The Balaban J connectivity index is 1.51. The number of carboxylic acid groups (broad SMARTS) is 1. The average Bonchev–Trinajstić information content (AvgIpc) is 3.35. The van der Waals surface area contributed by atoms with Gasteiger partial charge < -0.3 is 25.8 Å². The monoisotopic (exact) mass is 534 g/mol. The van der Waals surface area contributed by atoms with Crippen molar-refractivity contribution in [2.75, 3.05) is 23.9 Å². The molecule has 1 aliphatic heterocycles. The van der Waals surface area contributed by atoms with Crippen molar-refractivity contribution >= 4 is 29.1 Å². The van der Waals surface area contributed by atoms with Gasteiger partial charge in [0.05, 0.1) is 19.1 Å². The van der Waals surface area contributed by atoms with Gasteiger partial charge in [-0.2, -0.15) is 0 Å². The number of nitrogens with zero attached hydrogens (tertiary/aromatic N) is 1. The quantitative estimate of drug-likeness (QED) is 0.175. The molecule has 8 nitrogen and oxygen atoms in total. The Morgan fingerprint density at radius 3 is 2.52 bits per heavy atom. The molecule has 40 heavy (non-hydrogen) atoms. The summed E-state index contributed by atoms with van der Waals surface area (Å²) in [7, 11) is 1.50. The summed E-state index contributed by atoms with van der Waals surface area (Å²) in [6.45, 7) is 1.31. The van der Waals surface area contributed by atoms with E-state index in [1.54, 1.807) is 12.1 Å². The number of hydrogen-bond acceptors (Lipinski definition) is 5. The van der Waals surface area contributed by atoms with E-state index in [0.717, 1.165) is 35.3 Å². The number of rotatable bonds is 9. The maximum Gasteiger partial charge on any atom is 0.336 e. The van der Waals surface area contributed by atoms with Crippen molar-refractivity contribution in [3.05, 3.63) is 113 Å². The molecule has 8 heteroatoms. The first kappa shape index (κ1) is 26.5. The van der Waals surface area contributed by atoms with Gasteiger partial charge in [-0.25, -0.2) is 4.79 Å². The molecule has 1 aliphatic rings. The molecule has 0 atom stereocenters. The van der Waals surface area contributed by atoms with Crippen molar-refractivity contribution in [1.82, 2.24) is 0 Å². The maximum absolute atomic E-state index is 12.8. The molecule has 1 heterocycles. The number of methoxy groups -OCH3 is 1. The Bertz CT molecular complexity index is 1600. The van der Waals surface area contributed by atoms with Crippen molar-refractivity contribution in [3.8, 4) is 16.9 Å². The summed E-state index contributed by atoms with van der Waals surface area (Å²) in [5.41, 5.74) is 12.3. The van der Waals surface area contributed by atoms with Crippen LogP contribution in [0, 0.1) is 5.41 Å². The first-order valence-corrected chi connectivity index (χ1v) is 12.9. The van der Waals surface area contributed by atoms with Crippen LogP contribution in [-0.2, 0) is 24.2 Å². The van der Waals surface area contributed by atoms with Gasteiger partial charge in [-0.3, -0.25) is 10.2 Å². The number of ether oxygens (including phenoxy) is 1. The molecule has 0 radical (unpaired) electrons. The first-order chi connectivity index (χ1) is 19.3. The van der Waals surface area contributed by atoms with E-state index in [2.05, 4.69) is 10.2 Å². The number of aromatic carboxylic acids is 1. The third-order valence-electron chi connectivity index (χ3n) is 7.09. The summed E-state index contributed by atoms with van der Waals surface area (Å²) >= 11 is 0. The number of hydrogen-bond donors (Lipinski definition) is 4. The molecule has 0 aliphatic carbocycles. The summed E-state index contributed by atoms with van der Waals surface area (Å²) in [5, 5.41) is 20.8. The van der Waals surface area contributed by atoms with E-state index in [4.69, 9.17) is 15.9 Å². The molecule has 0 saturated carbocycles. The normalized spacial score (nSPS) is 12.1. The smallest absolute Gasteiger partial charge is 0.336 e. The lowest BCUT2D eigenvalue weighted by Crippen LogP contribution is -2.20. The standard InChI is InChI=1S/C32H30N4O4/c1-40-25-10-11-26(28(18-25)32(38)39)27-17-24(35-30(37)15-20-5-3-2-4-6-20)9-7-23(27)19-36-14-13-21-16-22(31(33)34)8-12-29(21)36/h2-12,16-18H,13-15,19H2,1H3,(H3,33,34)(H,35,37)(H,38,39). The molecule has 0 saturated heterocycles. The van der Waals surface area contributed by atoms with E-state index >= 15 is 0 Å². The SMILES string of the molecule is COc1ccc(-c2cc(NC(=O)Cc3ccccc3)ccc2CN2CCc3cc(C(=N)N)ccc32)c(C(=O)O)c1. The van der Waals surface area contributed by atoms with E-state index in [0.29, 0.717) is 34.7 Å². The van der Waals surface area contributed by atoms with Gasteiger partial charge in [0.25, 0.3) is 0 Å². The summed E-state index contributed by atoms with van der Waals surface area (Å²) in [6.07, 6.45) is 1.05. The topological polar surface area (TPSA) is 129 Å². The molecule has 4 aromatic carbocycles. The van der Waals surface area contributed by atoms with Crippen LogP contribution in [0.3, 0.4) is 0 Å². The van der Waals surface area contributed by atoms with Gasteiger partial charge >= 0.3 is 5.97 Å². The second kappa shape index (κ2) is 11.3. The molecular weight excluding hydrogens is 504 g/mol. The molecule has 5 N–H and O–H groups in total. The Hall–Kier alpha value is -5.11. The number of carbonyl (C=O) groups excluding carboxylic acids is 1. The summed E-state index contributed by atoms with van der Waals surface area (Å²) in [4.78, 5) is 27.3. The third kappa shape index (κ3) is 5.66. The Kier molecular flexibility index (Phi) is 7.50. The van der Waals surface area contributed by atoms with E-state index in [-0.39, 0.29) is 23.7 Å². The summed E-state index contributed by atoms with van der Waals surface area (Å²) in [6, 6.07) is 25.9. The largest absolute Gasteiger partial charge is 0.497 e. The van der Waals surface area contributed by atoms with Gasteiger partial charge in [0.1, 0.15) is 11.6 Å². The summed E-state index contributed by atoms with van der Waals surface area (Å²) in [5.74, 6) is -0.742. The molecule has 202 valence electrons. The minimum Gasteiger partial charge on any atom is -0.497 e. The van der Waals surface area contributed by atoms with Gasteiger partial charge in [-0.15, -0.1) is 0 Å². The van der Waals surface area contributed by atoms with Crippen LogP contribution in [0.25, 0.3) is 11.1 Å². The van der Waals surface area contributed by atoms with Crippen molar-refractivity contribution in [1.29, 1.82) is 5.41 Å². The van der Waals surface area contributed by atoms with Crippen LogP contribution in [0.15, 0.2) is 84.9 Å². The number of fused-ring (bicyclic) bond motifs is 1. The highest BCUT2D eigenvalue weighted by molar-refractivity contribution is 5.99. The lowest BCUT2D eigenvalue weighted by atomic mass is 9.94. The number of amidine groups is 1. The van der Waals surface area contributed by atoms with Crippen molar-refractivity contribution in [3.63, 3.8) is 0 Å². The lowest BCUT2D eigenvalue weighted by Gasteiger charge is -2.23. The molecule has 0 fully saturated rings. The minimum absolute atomic E-state index is 0.0362. The number of nitrogens with one attached hydrogen (secondary N) is 2. The highest BCUT2D eigenvalue weighted by Crippen LogP contribution is 2.36. The predicted molar refractivity (Wildman–Crippen MR) is 156 cm³/mol. The first-order valence-electron chi connectivity index (χ1n) is 12.9. The highest BCUT2D eigenvalue weighted by Gasteiger charge is 2.23. The average molecular weight is 535 g/mol. The number of anilines is 2. The molecule has 0 unspecified atom stereocenters. The zero-order valence-corrected chi connectivity index (χ0v) is 22.1. The minimum atomic E-state index is -1.07. The number of carboxylic acids is 1. The molecule has 4 aromatic rings. The van der Waals surface area contributed by atoms with Crippen LogP contribution in [0.1, 0.15) is 32.6 Å². The number of nitrogen functional groups attached to an aromatic ring is 1. The zero-order valence-electron chi connectivity index (χ0n) is 22.1. The fourth-order valence-electron chi connectivity index (χ4n) is 5.10. The molecule has 0 aromatic heterocycles. The lowest BCUT2D eigenvalue weighted by molar-refractivity contribution is -0.115. The van der Waals surface area contributed by atoms with Crippen LogP contribution in [0.2, 0.25) is 0 Å². The van der Waals surface area contributed by atoms with Gasteiger partial charge in [-0.1, -0.05) is 36.4 Å². The Morgan fingerprint density at radius 1 is 1.00 bits per heavy atom. The second-order valence-electron chi connectivity index (χ2n) is 9.73. The molecular formula is C32H30N4O4. The Morgan fingerprint density at radius 2 is 1.80 bits per heavy atom. The molecule has 1 amide bonds. The van der Waals surface area contributed by atoms with Crippen molar-refractivity contribution < 1.29 is 19.4 Å². The van der Waals surface area contributed by atoms with Crippen LogP contribution in [0.4, 0.5) is 11.4 Å². The van der Waals surface area contributed by atoms with Crippen molar-refractivity contribution in [2.45, 2.75) is 19.4 Å². The van der Waals surface area contributed by atoms with Gasteiger partial charge in [0, 0.05) is 30.0 Å². The zero-order chi connectivity index (χ0) is 28.2. The maximum atomic E-state index is 12.8. The van der Waals surface area contributed by atoms with Crippen LogP contribution < -0.4 is 20.7 Å². The summed E-state index contributed by atoms with van der Waals surface area (Å²) < 4.78 is 5.28. The van der Waals surface area contributed by atoms with Crippen LogP contribution in [0.5, 0.6) is 5.75 Å². The van der Waals surface area contributed by atoms with Gasteiger partial charge in [0.2, 0.25) is 5.91 Å². The number of carbonyl (C=O) groups is 2. The predicted octanol–water partition coefficient (Wildman–Crippen LogP) is 5.09. The second-order valence-corrected chi connectivity index (χ2v) is 9.73. The van der Waals surface area contributed by atoms with Crippen LogP contribution >= 0.6 is 0 Å². The highest BCUT2D eigenvalue weighted by atomic mass is 16.5. The Labute approximate surface area is 232 Å². The fourth-order valence-corrected chi connectivity index (χ4v) is 5.10. The molecule has 5 rings (SSSR count). The molecule has 0 bridgehead atoms.